The predicted molar refractivity (Wildman–Crippen MR) is 102 cm³/mol. The first-order chi connectivity index (χ1) is 10.9. The SMILES string of the molecule is CN=C(NCCCc1nc(C)cs1)NCCN(C(C)C)C(C)C. The zero-order chi connectivity index (χ0) is 17.2. The van der Waals surface area contributed by atoms with E-state index in [0.717, 1.165) is 44.1 Å². The molecule has 0 bridgehead atoms. The average Bonchev–Trinajstić information content (AvgIpc) is 2.90. The quantitative estimate of drug-likeness (QED) is 0.413. The van der Waals surface area contributed by atoms with Gasteiger partial charge in [-0.3, -0.25) is 9.89 Å². The third kappa shape index (κ3) is 7.79. The Balaban J connectivity index is 2.21. The largest absolute Gasteiger partial charge is 0.356 e. The van der Waals surface area contributed by atoms with Gasteiger partial charge in [-0.05, 0) is 41.0 Å². The molecule has 0 spiro atoms. The summed E-state index contributed by atoms with van der Waals surface area (Å²) in [4.78, 5) is 11.3. The molecule has 1 rings (SSSR count). The standard InChI is InChI=1S/C17H33N5S/c1-13(2)22(14(3)4)11-10-20-17(18-6)19-9-7-8-16-21-15(5)12-23-16/h12-14H,7-11H2,1-6H3,(H2,18,19,20). The van der Waals surface area contributed by atoms with Crippen LogP contribution in [0.4, 0.5) is 0 Å². The number of thiazole rings is 1. The van der Waals surface area contributed by atoms with Gasteiger partial charge in [-0.1, -0.05) is 0 Å². The molecule has 0 amide bonds. The molecule has 0 atom stereocenters. The van der Waals surface area contributed by atoms with Crippen molar-refractivity contribution in [3.63, 3.8) is 0 Å². The Kier molecular flexibility index (Phi) is 9.17. The number of nitrogens with zero attached hydrogens (tertiary/aromatic N) is 3. The number of hydrogen-bond donors (Lipinski definition) is 2. The highest BCUT2D eigenvalue weighted by Gasteiger charge is 2.12. The van der Waals surface area contributed by atoms with Crippen LogP contribution in [0.1, 0.15) is 44.8 Å². The summed E-state index contributed by atoms with van der Waals surface area (Å²) in [6.07, 6.45) is 2.09. The smallest absolute Gasteiger partial charge is 0.191 e. The molecule has 0 aromatic carbocycles. The normalized spacial score (nSPS) is 12.5. The molecule has 0 fully saturated rings. The van der Waals surface area contributed by atoms with Crippen molar-refractivity contribution >= 4 is 17.3 Å². The molecule has 0 aliphatic heterocycles. The van der Waals surface area contributed by atoms with Gasteiger partial charge < -0.3 is 10.6 Å². The van der Waals surface area contributed by atoms with Crippen LogP contribution in [0.2, 0.25) is 0 Å². The molecule has 1 heterocycles. The van der Waals surface area contributed by atoms with Gasteiger partial charge in [-0.15, -0.1) is 11.3 Å². The van der Waals surface area contributed by atoms with Gasteiger partial charge in [0.05, 0.1) is 5.01 Å². The van der Waals surface area contributed by atoms with Crippen LogP contribution in [0.15, 0.2) is 10.4 Å². The maximum absolute atomic E-state index is 4.49. The van der Waals surface area contributed by atoms with Gasteiger partial charge in [0.2, 0.25) is 0 Å². The Morgan fingerprint density at radius 2 is 1.87 bits per heavy atom. The van der Waals surface area contributed by atoms with Gasteiger partial charge in [-0.2, -0.15) is 0 Å². The maximum Gasteiger partial charge on any atom is 0.191 e. The summed E-state index contributed by atoms with van der Waals surface area (Å²) in [6.45, 7) is 13.9. The van der Waals surface area contributed by atoms with Crippen LogP contribution in [-0.4, -0.2) is 54.6 Å². The second-order valence-electron chi connectivity index (χ2n) is 6.34. The average molecular weight is 340 g/mol. The van der Waals surface area contributed by atoms with Gasteiger partial charge in [-0.25, -0.2) is 4.98 Å². The second-order valence-corrected chi connectivity index (χ2v) is 7.28. The number of aromatic nitrogens is 1. The van der Waals surface area contributed by atoms with Crippen LogP contribution in [0.25, 0.3) is 0 Å². The maximum atomic E-state index is 4.49. The lowest BCUT2D eigenvalue weighted by molar-refractivity contribution is 0.178. The topological polar surface area (TPSA) is 52.6 Å². The van der Waals surface area contributed by atoms with Crippen molar-refractivity contribution in [1.29, 1.82) is 0 Å². The van der Waals surface area contributed by atoms with E-state index in [-0.39, 0.29) is 0 Å². The number of hydrogen-bond acceptors (Lipinski definition) is 4. The van der Waals surface area contributed by atoms with Gasteiger partial charge in [0.1, 0.15) is 0 Å². The number of aliphatic imine (C=N–C) groups is 1. The van der Waals surface area contributed by atoms with Gasteiger partial charge in [0.15, 0.2) is 5.96 Å². The summed E-state index contributed by atoms with van der Waals surface area (Å²) in [5.74, 6) is 0.882. The molecule has 0 saturated carbocycles. The first-order valence-electron chi connectivity index (χ1n) is 8.55. The van der Waals surface area contributed by atoms with E-state index in [4.69, 9.17) is 0 Å². The fraction of sp³-hybridized carbons (Fsp3) is 0.765. The third-order valence-electron chi connectivity index (χ3n) is 3.74. The minimum Gasteiger partial charge on any atom is -0.356 e. The van der Waals surface area contributed by atoms with Crippen molar-refractivity contribution < 1.29 is 0 Å². The lowest BCUT2D eigenvalue weighted by atomic mass is 10.2. The molecule has 0 radical (unpaired) electrons. The van der Waals surface area contributed by atoms with Crippen molar-refractivity contribution in [3.05, 3.63) is 16.1 Å². The summed E-state index contributed by atoms with van der Waals surface area (Å²) in [5.41, 5.74) is 1.12. The fourth-order valence-electron chi connectivity index (χ4n) is 2.60. The molecule has 23 heavy (non-hydrogen) atoms. The minimum absolute atomic E-state index is 0.563. The summed E-state index contributed by atoms with van der Waals surface area (Å²) in [7, 11) is 1.82. The van der Waals surface area contributed by atoms with E-state index in [1.54, 1.807) is 11.3 Å². The monoisotopic (exact) mass is 339 g/mol. The number of nitrogens with one attached hydrogen (secondary N) is 2. The van der Waals surface area contributed by atoms with E-state index in [1.165, 1.54) is 5.01 Å². The second kappa shape index (κ2) is 10.6. The fourth-order valence-corrected chi connectivity index (χ4v) is 3.42. The molecule has 132 valence electrons. The highest BCUT2D eigenvalue weighted by molar-refractivity contribution is 7.09. The predicted octanol–water partition coefficient (Wildman–Crippen LogP) is 2.67. The zero-order valence-electron chi connectivity index (χ0n) is 15.5. The molecule has 6 heteroatoms. The number of rotatable bonds is 9. The third-order valence-corrected chi connectivity index (χ3v) is 4.77. The summed E-state index contributed by atoms with van der Waals surface area (Å²) < 4.78 is 0. The summed E-state index contributed by atoms with van der Waals surface area (Å²) in [5, 5.41) is 10.1. The molecule has 5 nitrogen and oxygen atoms in total. The van der Waals surface area contributed by atoms with E-state index in [0.29, 0.717) is 12.1 Å². The van der Waals surface area contributed by atoms with Crippen LogP contribution in [0.3, 0.4) is 0 Å². The zero-order valence-corrected chi connectivity index (χ0v) is 16.3. The lowest BCUT2D eigenvalue weighted by Crippen LogP contribution is -2.45. The Bertz CT molecular complexity index is 459. The molecule has 2 N–H and O–H groups in total. The molecule has 1 aromatic heterocycles. The van der Waals surface area contributed by atoms with E-state index in [1.807, 2.05) is 14.0 Å². The van der Waals surface area contributed by atoms with E-state index < -0.39 is 0 Å². The van der Waals surface area contributed by atoms with Crippen molar-refractivity contribution in [1.82, 2.24) is 20.5 Å². The van der Waals surface area contributed by atoms with Crippen LogP contribution >= 0.6 is 11.3 Å². The molecule has 0 saturated heterocycles. The van der Waals surface area contributed by atoms with E-state index >= 15 is 0 Å². The summed E-state index contributed by atoms with van der Waals surface area (Å²) in [6, 6.07) is 1.13. The van der Waals surface area contributed by atoms with Crippen molar-refractivity contribution in [2.45, 2.75) is 59.5 Å². The first-order valence-corrected chi connectivity index (χ1v) is 9.43. The lowest BCUT2D eigenvalue weighted by Gasteiger charge is -2.30. The number of guanidine groups is 1. The Hall–Kier alpha value is -1.14. The molecule has 0 aliphatic rings. The van der Waals surface area contributed by atoms with Crippen LogP contribution in [0.5, 0.6) is 0 Å². The van der Waals surface area contributed by atoms with E-state index in [2.05, 4.69) is 58.6 Å². The first kappa shape index (κ1) is 19.9. The van der Waals surface area contributed by atoms with Crippen LogP contribution in [-0.2, 0) is 6.42 Å². The van der Waals surface area contributed by atoms with Crippen molar-refractivity contribution in [3.8, 4) is 0 Å². The Morgan fingerprint density at radius 3 is 2.39 bits per heavy atom. The van der Waals surface area contributed by atoms with Crippen molar-refractivity contribution in [2.24, 2.45) is 4.99 Å². The van der Waals surface area contributed by atoms with Gasteiger partial charge in [0, 0.05) is 56.3 Å². The summed E-state index contributed by atoms with van der Waals surface area (Å²) >= 11 is 1.75. The molecular weight excluding hydrogens is 306 g/mol. The highest BCUT2D eigenvalue weighted by atomic mass is 32.1. The number of aryl methyl sites for hydroxylation is 2. The van der Waals surface area contributed by atoms with Crippen molar-refractivity contribution in [2.75, 3.05) is 26.7 Å². The Labute approximate surface area is 145 Å². The highest BCUT2D eigenvalue weighted by Crippen LogP contribution is 2.10. The van der Waals surface area contributed by atoms with Gasteiger partial charge >= 0.3 is 0 Å². The molecular formula is C17H33N5S. The molecule has 0 aliphatic carbocycles. The Morgan fingerprint density at radius 1 is 1.22 bits per heavy atom. The van der Waals surface area contributed by atoms with Crippen LogP contribution < -0.4 is 10.6 Å². The van der Waals surface area contributed by atoms with Crippen LogP contribution in [0, 0.1) is 6.92 Å². The van der Waals surface area contributed by atoms with Gasteiger partial charge in [0.25, 0.3) is 0 Å². The van der Waals surface area contributed by atoms with E-state index in [9.17, 15) is 0 Å². The minimum atomic E-state index is 0.563. The molecule has 0 unspecified atom stereocenters. The molecule has 1 aromatic rings.